The van der Waals surface area contributed by atoms with E-state index in [-0.39, 0.29) is 17.5 Å². The largest absolute Gasteiger partial charge is 0.292 e. The van der Waals surface area contributed by atoms with Crippen molar-refractivity contribution in [2.45, 2.75) is 6.54 Å². The van der Waals surface area contributed by atoms with Gasteiger partial charge in [0.1, 0.15) is 17.7 Å². The van der Waals surface area contributed by atoms with E-state index in [4.69, 9.17) is 0 Å². The van der Waals surface area contributed by atoms with E-state index in [0.717, 1.165) is 10.7 Å². The molecule has 0 saturated heterocycles. The predicted octanol–water partition coefficient (Wildman–Crippen LogP) is 0.547. The van der Waals surface area contributed by atoms with Crippen molar-refractivity contribution < 1.29 is 9.18 Å². The van der Waals surface area contributed by atoms with Gasteiger partial charge >= 0.3 is 0 Å². The molecule has 0 radical (unpaired) electrons. The van der Waals surface area contributed by atoms with E-state index in [1.54, 1.807) is 7.05 Å². The molecule has 0 saturated carbocycles. The molecule has 8 heteroatoms. The van der Waals surface area contributed by atoms with Crippen molar-refractivity contribution >= 4 is 16.8 Å². The Bertz CT molecular complexity index is 899. The van der Waals surface area contributed by atoms with Crippen LogP contribution < -0.4 is 5.56 Å². The number of benzene rings is 1. The van der Waals surface area contributed by atoms with E-state index in [9.17, 15) is 14.0 Å². The third-order valence-electron chi connectivity index (χ3n) is 3.06. The number of Topliss-reactive ketones (excluding diaryl/α,β-unsaturated/α-hetero) is 1. The maximum absolute atomic E-state index is 13.1. The Labute approximate surface area is 117 Å². The minimum atomic E-state index is -0.512. The third-order valence-corrected chi connectivity index (χ3v) is 3.06. The van der Waals surface area contributed by atoms with Crippen molar-refractivity contribution in [3.63, 3.8) is 0 Å². The molecule has 106 valence electrons. The van der Waals surface area contributed by atoms with E-state index in [0.29, 0.717) is 5.65 Å². The van der Waals surface area contributed by atoms with Crippen LogP contribution in [0.15, 0.2) is 35.3 Å². The molecule has 0 N–H and O–H groups in total. The first kappa shape index (κ1) is 13.1. The Kier molecular flexibility index (Phi) is 3.05. The van der Waals surface area contributed by atoms with Gasteiger partial charge in [-0.25, -0.2) is 13.8 Å². The minimum Gasteiger partial charge on any atom is -0.292 e. The molecule has 0 fully saturated rings. The van der Waals surface area contributed by atoms with Gasteiger partial charge < -0.3 is 0 Å². The SMILES string of the molecule is Cn1ncc2c(=O)n(CC(=O)c3cccc(F)c3)nnc21. The van der Waals surface area contributed by atoms with Crippen LogP contribution in [0.25, 0.3) is 11.0 Å². The fraction of sp³-hybridized carbons (Fsp3) is 0.154. The van der Waals surface area contributed by atoms with Crippen molar-refractivity contribution in [1.82, 2.24) is 24.8 Å². The number of rotatable bonds is 3. The first-order valence-corrected chi connectivity index (χ1v) is 6.10. The normalized spacial score (nSPS) is 11.0. The highest BCUT2D eigenvalue weighted by Crippen LogP contribution is 2.06. The van der Waals surface area contributed by atoms with Crippen molar-refractivity contribution in [3.05, 3.63) is 52.2 Å². The lowest BCUT2D eigenvalue weighted by Gasteiger charge is -2.03. The van der Waals surface area contributed by atoms with Crippen LogP contribution in [0.1, 0.15) is 10.4 Å². The van der Waals surface area contributed by atoms with E-state index >= 15 is 0 Å². The summed E-state index contributed by atoms with van der Waals surface area (Å²) in [5.41, 5.74) is 0.0577. The molecule has 1 aromatic carbocycles. The average molecular weight is 287 g/mol. The Morgan fingerprint density at radius 2 is 2.19 bits per heavy atom. The van der Waals surface area contributed by atoms with Gasteiger partial charge in [0, 0.05) is 12.6 Å². The molecule has 0 aliphatic rings. The molecular formula is C13H10FN5O2. The van der Waals surface area contributed by atoms with Gasteiger partial charge in [-0.3, -0.25) is 9.59 Å². The topological polar surface area (TPSA) is 82.7 Å². The number of carbonyl (C=O) groups excluding carboxylic acids is 1. The number of hydrogen-bond donors (Lipinski definition) is 0. The molecule has 2 heterocycles. The Morgan fingerprint density at radius 1 is 1.38 bits per heavy atom. The van der Waals surface area contributed by atoms with Crippen LogP contribution in [0, 0.1) is 5.82 Å². The maximum atomic E-state index is 13.1. The molecular weight excluding hydrogens is 277 g/mol. The van der Waals surface area contributed by atoms with E-state index in [1.807, 2.05) is 0 Å². The summed E-state index contributed by atoms with van der Waals surface area (Å²) in [5, 5.41) is 11.7. The van der Waals surface area contributed by atoms with Gasteiger partial charge in [0.05, 0.1) is 6.20 Å². The molecule has 0 unspecified atom stereocenters. The van der Waals surface area contributed by atoms with Crippen LogP contribution in [0.3, 0.4) is 0 Å². The minimum absolute atomic E-state index is 0.176. The molecule has 0 aliphatic heterocycles. The molecule has 21 heavy (non-hydrogen) atoms. The summed E-state index contributed by atoms with van der Waals surface area (Å²) in [5.74, 6) is -0.934. The van der Waals surface area contributed by atoms with E-state index in [2.05, 4.69) is 15.4 Å². The van der Waals surface area contributed by atoms with Crippen molar-refractivity contribution in [2.75, 3.05) is 0 Å². The molecule has 7 nitrogen and oxygen atoms in total. The fourth-order valence-corrected chi connectivity index (χ4v) is 1.97. The summed E-state index contributed by atoms with van der Waals surface area (Å²) in [6.45, 7) is -0.305. The van der Waals surface area contributed by atoms with Crippen molar-refractivity contribution in [3.8, 4) is 0 Å². The summed E-state index contributed by atoms with van der Waals surface area (Å²) < 4.78 is 15.5. The lowest BCUT2D eigenvalue weighted by Crippen LogP contribution is -2.27. The van der Waals surface area contributed by atoms with E-state index < -0.39 is 17.2 Å². The molecule has 3 rings (SSSR count). The lowest BCUT2D eigenvalue weighted by atomic mass is 10.1. The van der Waals surface area contributed by atoms with Gasteiger partial charge in [0.2, 0.25) is 0 Å². The second-order valence-electron chi connectivity index (χ2n) is 4.49. The molecule has 0 atom stereocenters. The van der Waals surface area contributed by atoms with Gasteiger partial charge in [-0.2, -0.15) is 5.10 Å². The zero-order chi connectivity index (χ0) is 15.0. The maximum Gasteiger partial charge on any atom is 0.281 e. The standard InChI is InChI=1S/C13H10FN5O2/c1-18-12-10(6-15-18)13(21)19(17-16-12)7-11(20)8-3-2-4-9(14)5-8/h2-6H,7H2,1H3. The molecule has 0 amide bonds. The Morgan fingerprint density at radius 3 is 2.95 bits per heavy atom. The quantitative estimate of drug-likeness (QED) is 0.657. The van der Waals surface area contributed by atoms with Gasteiger partial charge in [-0.1, -0.05) is 17.3 Å². The number of carbonyl (C=O) groups is 1. The Balaban J connectivity index is 1.97. The zero-order valence-corrected chi connectivity index (χ0v) is 11.0. The molecule has 0 bridgehead atoms. The molecule has 2 aromatic heterocycles. The second kappa shape index (κ2) is 4.89. The number of hydrogen-bond acceptors (Lipinski definition) is 5. The van der Waals surface area contributed by atoms with Crippen LogP contribution >= 0.6 is 0 Å². The van der Waals surface area contributed by atoms with Gasteiger partial charge in [0.25, 0.3) is 5.56 Å². The lowest BCUT2D eigenvalue weighted by molar-refractivity contribution is 0.0964. The van der Waals surface area contributed by atoms with Crippen LogP contribution in [-0.2, 0) is 13.6 Å². The van der Waals surface area contributed by atoms with Gasteiger partial charge in [0.15, 0.2) is 11.4 Å². The zero-order valence-electron chi connectivity index (χ0n) is 11.0. The summed E-state index contributed by atoms with van der Waals surface area (Å²) >= 11 is 0. The number of aryl methyl sites for hydroxylation is 1. The van der Waals surface area contributed by atoms with Crippen LogP contribution in [0.4, 0.5) is 4.39 Å². The monoisotopic (exact) mass is 287 g/mol. The van der Waals surface area contributed by atoms with Crippen LogP contribution in [0.2, 0.25) is 0 Å². The summed E-state index contributed by atoms with van der Waals surface area (Å²) in [6, 6.07) is 5.27. The highest BCUT2D eigenvalue weighted by Gasteiger charge is 2.13. The van der Waals surface area contributed by atoms with E-state index in [1.165, 1.54) is 29.1 Å². The number of ketones is 1. The second-order valence-corrected chi connectivity index (χ2v) is 4.49. The highest BCUT2D eigenvalue weighted by atomic mass is 19.1. The predicted molar refractivity (Wildman–Crippen MR) is 71.3 cm³/mol. The average Bonchev–Trinajstić information content (AvgIpc) is 2.84. The van der Waals surface area contributed by atoms with Crippen LogP contribution in [0.5, 0.6) is 0 Å². The fourth-order valence-electron chi connectivity index (χ4n) is 1.97. The first-order valence-electron chi connectivity index (χ1n) is 6.10. The molecule has 0 spiro atoms. The van der Waals surface area contributed by atoms with Crippen molar-refractivity contribution in [1.29, 1.82) is 0 Å². The van der Waals surface area contributed by atoms with Gasteiger partial charge in [-0.05, 0) is 12.1 Å². The summed E-state index contributed by atoms with van der Waals surface area (Å²) in [6.07, 6.45) is 1.37. The smallest absolute Gasteiger partial charge is 0.281 e. The number of fused-ring (bicyclic) bond motifs is 1. The van der Waals surface area contributed by atoms with Gasteiger partial charge in [-0.15, -0.1) is 5.10 Å². The number of halogens is 1. The number of aromatic nitrogens is 5. The highest BCUT2D eigenvalue weighted by molar-refractivity contribution is 5.95. The third kappa shape index (κ3) is 2.31. The molecule has 0 aliphatic carbocycles. The molecule has 3 aromatic rings. The summed E-state index contributed by atoms with van der Waals surface area (Å²) in [7, 11) is 1.64. The Hall–Kier alpha value is -2.90. The van der Waals surface area contributed by atoms with Crippen molar-refractivity contribution in [2.24, 2.45) is 7.05 Å². The number of nitrogens with zero attached hydrogens (tertiary/aromatic N) is 5. The summed E-state index contributed by atoms with van der Waals surface area (Å²) in [4.78, 5) is 24.2. The first-order chi connectivity index (χ1) is 10.1. The van der Waals surface area contributed by atoms with Crippen LogP contribution in [-0.4, -0.2) is 30.6 Å².